The van der Waals surface area contributed by atoms with Gasteiger partial charge in [-0.15, -0.1) is 0 Å². The second kappa shape index (κ2) is 4.47. The molecule has 8 heteroatoms. The normalized spacial score (nSPS) is 16.5. The Morgan fingerprint density at radius 1 is 1.21 bits per heavy atom. The summed E-state index contributed by atoms with van der Waals surface area (Å²) in [5, 5.41) is 9.39. The van der Waals surface area contributed by atoms with Crippen molar-refractivity contribution in [1.82, 2.24) is 9.62 Å². The van der Waals surface area contributed by atoms with E-state index in [4.69, 9.17) is 5.41 Å². The Morgan fingerprint density at radius 2 is 1.79 bits per heavy atom. The van der Waals surface area contributed by atoms with Crippen molar-refractivity contribution in [3.05, 3.63) is 29.8 Å². The van der Waals surface area contributed by atoms with Crippen LogP contribution in [0.4, 0.5) is 4.79 Å². The van der Waals surface area contributed by atoms with Crippen molar-refractivity contribution in [3.63, 3.8) is 0 Å². The number of nitrogens with zero attached hydrogens (tertiary/aromatic N) is 1. The van der Waals surface area contributed by atoms with Crippen LogP contribution in [0.15, 0.2) is 29.2 Å². The van der Waals surface area contributed by atoms with Crippen LogP contribution < -0.4 is 5.32 Å². The maximum atomic E-state index is 12.2. The molecule has 3 amide bonds. The summed E-state index contributed by atoms with van der Waals surface area (Å²) in [4.78, 5) is 22.5. The lowest BCUT2D eigenvalue weighted by atomic mass is 10.2. The minimum atomic E-state index is -4.16. The van der Waals surface area contributed by atoms with Crippen molar-refractivity contribution >= 4 is 27.8 Å². The zero-order valence-electron chi connectivity index (χ0n) is 10.0. The Kier molecular flexibility index (Phi) is 3.11. The summed E-state index contributed by atoms with van der Waals surface area (Å²) in [7, 11) is -4.16. The summed E-state index contributed by atoms with van der Waals surface area (Å²) in [6.07, 6.45) is -0.448. The topological polar surface area (TPSA) is 107 Å². The largest absolute Gasteiger partial charge is 0.343 e. The van der Waals surface area contributed by atoms with Gasteiger partial charge in [-0.2, -0.15) is 4.31 Å². The zero-order chi connectivity index (χ0) is 14.2. The van der Waals surface area contributed by atoms with Crippen molar-refractivity contribution in [2.75, 3.05) is 0 Å². The van der Waals surface area contributed by atoms with E-state index in [2.05, 4.69) is 0 Å². The van der Waals surface area contributed by atoms with Gasteiger partial charge < -0.3 is 0 Å². The standard InChI is InChI=1S/C11H11N3O4S/c1-7-2-4-8(5-3-7)19(17,18)14-9(12)6-10(15)13-11(14)16/h2-5,12H,6H2,1H3,(H,13,15,16). The van der Waals surface area contributed by atoms with Gasteiger partial charge in [0.25, 0.3) is 10.0 Å². The molecule has 0 aromatic heterocycles. The van der Waals surface area contributed by atoms with Crippen molar-refractivity contribution in [3.8, 4) is 0 Å². The first kappa shape index (κ1) is 13.2. The van der Waals surface area contributed by atoms with E-state index in [1.54, 1.807) is 19.1 Å². The SMILES string of the molecule is Cc1ccc(S(=O)(=O)N2C(=N)CC(=O)NC2=O)cc1. The Bertz CT molecular complexity index is 644. The highest BCUT2D eigenvalue weighted by Crippen LogP contribution is 2.19. The van der Waals surface area contributed by atoms with E-state index < -0.39 is 34.2 Å². The second-order valence-corrected chi connectivity index (χ2v) is 5.85. The molecule has 0 atom stereocenters. The van der Waals surface area contributed by atoms with Crippen molar-refractivity contribution in [2.24, 2.45) is 0 Å². The molecule has 0 spiro atoms. The van der Waals surface area contributed by atoms with Gasteiger partial charge in [0, 0.05) is 0 Å². The van der Waals surface area contributed by atoms with Crippen LogP contribution in [0, 0.1) is 12.3 Å². The monoisotopic (exact) mass is 281 g/mol. The fraction of sp³-hybridized carbons (Fsp3) is 0.182. The second-order valence-electron chi connectivity index (χ2n) is 4.06. The molecule has 1 aliphatic heterocycles. The van der Waals surface area contributed by atoms with Crippen molar-refractivity contribution in [2.45, 2.75) is 18.2 Å². The number of aryl methyl sites for hydroxylation is 1. The predicted molar refractivity (Wildman–Crippen MR) is 66.1 cm³/mol. The molecule has 19 heavy (non-hydrogen) atoms. The molecule has 2 N–H and O–H groups in total. The predicted octanol–water partition coefficient (Wildman–Crippen LogP) is 0.603. The number of amides is 3. The molecule has 1 aliphatic rings. The number of amidine groups is 1. The van der Waals surface area contributed by atoms with E-state index in [0.29, 0.717) is 4.31 Å². The van der Waals surface area contributed by atoms with Gasteiger partial charge in [0.15, 0.2) is 0 Å². The molecule has 1 aromatic carbocycles. The van der Waals surface area contributed by atoms with E-state index in [0.717, 1.165) is 5.56 Å². The lowest BCUT2D eigenvalue weighted by molar-refractivity contribution is -0.119. The van der Waals surface area contributed by atoms with Crippen LogP contribution >= 0.6 is 0 Å². The van der Waals surface area contributed by atoms with Crippen molar-refractivity contribution < 1.29 is 18.0 Å². The highest BCUT2D eigenvalue weighted by molar-refractivity contribution is 7.90. The van der Waals surface area contributed by atoms with Gasteiger partial charge in [-0.25, -0.2) is 13.2 Å². The van der Waals surface area contributed by atoms with E-state index in [9.17, 15) is 18.0 Å². The number of nitrogens with one attached hydrogen (secondary N) is 2. The minimum Gasteiger partial charge on any atom is -0.287 e. The van der Waals surface area contributed by atoms with Gasteiger partial charge in [0.1, 0.15) is 5.84 Å². The van der Waals surface area contributed by atoms with Crippen LogP contribution in [0.2, 0.25) is 0 Å². The molecule has 0 bridgehead atoms. The van der Waals surface area contributed by atoms with Crippen LogP contribution in [0.1, 0.15) is 12.0 Å². The lowest BCUT2D eigenvalue weighted by Crippen LogP contribution is -2.54. The molecule has 1 aromatic rings. The van der Waals surface area contributed by atoms with Gasteiger partial charge >= 0.3 is 6.03 Å². The van der Waals surface area contributed by atoms with Crippen LogP contribution in [0.5, 0.6) is 0 Å². The molecule has 1 heterocycles. The summed E-state index contributed by atoms with van der Waals surface area (Å²) < 4.78 is 24.8. The van der Waals surface area contributed by atoms with E-state index in [1.165, 1.54) is 12.1 Å². The van der Waals surface area contributed by atoms with Gasteiger partial charge in [-0.3, -0.25) is 15.5 Å². The first-order chi connectivity index (χ1) is 8.82. The third-order valence-corrected chi connectivity index (χ3v) is 4.30. The molecule has 0 saturated carbocycles. The van der Waals surface area contributed by atoms with E-state index >= 15 is 0 Å². The number of imide groups is 1. The Hall–Kier alpha value is -2.22. The third kappa shape index (κ3) is 2.34. The number of carbonyl (C=O) groups is 2. The molecule has 7 nitrogen and oxygen atoms in total. The fourth-order valence-corrected chi connectivity index (χ4v) is 2.94. The fourth-order valence-electron chi connectivity index (χ4n) is 1.63. The first-order valence-corrected chi connectivity index (χ1v) is 6.79. The quantitative estimate of drug-likeness (QED) is 0.827. The van der Waals surface area contributed by atoms with Gasteiger partial charge in [0.05, 0.1) is 11.3 Å². The van der Waals surface area contributed by atoms with Gasteiger partial charge in [-0.1, -0.05) is 17.7 Å². The summed E-state index contributed by atoms with van der Waals surface area (Å²) in [6, 6.07) is 4.75. The van der Waals surface area contributed by atoms with Crippen molar-refractivity contribution in [1.29, 1.82) is 5.41 Å². The summed E-state index contributed by atoms with van der Waals surface area (Å²) >= 11 is 0. The molecule has 0 unspecified atom stereocenters. The zero-order valence-corrected chi connectivity index (χ0v) is 10.8. The maximum Gasteiger partial charge on any atom is 0.343 e. The lowest BCUT2D eigenvalue weighted by Gasteiger charge is -2.26. The average Bonchev–Trinajstić information content (AvgIpc) is 2.27. The Balaban J connectivity index is 2.44. The van der Waals surface area contributed by atoms with Crippen LogP contribution in [-0.4, -0.2) is 30.5 Å². The first-order valence-electron chi connectivity index (χ1n) is 5.35. The number of urea groups is 1. The van der Waals surface area contributed by atoms with Crippen LogP contribution in [0.25, 0.3) is 0 Å². The summed E-state index contributed by atoms with van der Waals surface area (Å²) in [5.41, 5.74) is 0.868. The number of carbonyl (C=O) groups excluding carboxylic acids is 2. The highest BCUT2D eigenvalue weighted by atomic mass is 32.2. The number of hydrogen-bond donors (Lipinski definition) is 2. The Morgan fingerprint density at radius 3 is 2.32 bits per heavy atom. The maximum absolute atomic E-state index is 12.2. The number of benzene rings is 1. The molecular formula is C11H11N3O4S. The molecule has 2 rings (SSSR count). The molecular weight excluding hydrogens is 270 g/mol. The molecule has 100 valence electrons. The molecule has 0 aliphatic carbocycles. The minimum absolute atomic E-state index is 0.104. The number of sulfonamides is 1. The Labute approximate surface area is 109 Å². The molecule has 0 radical (unpaired) electrons. The summed E-state index contributed by atoms with van der Waals surface area (Å²) in [6.45, 7) is 1.80. The number of hydrogen-bond acceptors (Lipinski definition) is 5. The van der Waals surface area contributed by atoms with Gasteiger partial charge in [-0.05, 0) is 19.1 Å². The smallest absolute Gasteiger partial charge is 0.287 e. The molecule has 1 fully saturated rings. The summed E-state index contributed by atoms with van der Waals surface area (Å²) in [5.74, 6) is -1.25. The van der Waals surface area contributed by atoms with E-state index in [1.807, 2.05) is 5.32 Å². The highest BCUT2D eigenvalue weighted by Gasteiger charge is 2.38. The number of rotatable bonds is 2. The van der Waals surface area contributed by atoms with Crippen LogP contribution in [-0.2, 0) is 14.8 Å². The molecule has 1 saturated heterocycles. The van der Waals surface area contributed by atoms with E-state index in [-0.39, 0.29) is 4.90 Å². The third-order valence-electron chi connectivity index (χ3n) is 2.56. The average molecular weight is 281 g/mol. The van der Waals surface area contributed by atoms with Crippen LogP contribution in [0.3, 0.4) is 0 Å². The van der Waals surface area contributed by atoms with Gasteiger partial charge in [0.2, 0.25) is 5.91 Å².